The van der Waals surface area contributed by atoms with E-state index < -0.39 is 5.60 Å². The summed E-state index contributed by atoms with van der Waals surface area (Å²) in [5, 5.41) is 3.09. The zero-order valence-electron chi connectivity index (χ0n) is 19.1. The van der Waals surface area contributed by atoms with Gasteiger partial charge in [0.25, 0.3) is 0 Å². The van der Waals surface area contributed by atoms with Crippen molar-refractivity contribution >= 4 is 17.7 Å². The molecule has 8 heteroatoms. The van der Waals surface area contributed by atoms with Gasteiger partial charge in [-0.05, 0) is 51.8 Å². The average Bonchev–Trinajstić information content (AvgIpc) is 2.78. The fraction of sp³-hybridized carbons (Fsp3) is 0.360. The van der Waals surface area contributed by atoms with Crippen LogP contribution in [0.4, 0.5) is 20.8 Å². The fourth-order valence-electron chi connectivity index (χ4n) is 3.72. The third-order valence-corrected chi connectivity index (χ3v) is 5.20. The summed E-state index contributed by atoms with van der Waals surface area (Å²) in [6.07, 6.45) is 1.34. The maximum atomic E-state index is 13.7. The van der Waals surface area contributed by atoms with E-state index in [1.54, 1.807) is 17.0 Å². The van der Waals surface area contributed by atoms with Gasteiger partial charge in [-0.1, -0.05) is 36.4 Å². The van der Waals surface area contributed by atoms with Crippen molar-refractivity contribution in [1.82, 2.24) is 19.9 Å². The molecule has 0 saturated carbocycles. The van der Waals surface area contributed by atoms with Crippen LogP contribution in [0.2, 0.25) is 0 Å². The number of hydrogen-bond donors (Lipinski definition) is 1. The van der Waals surface area contributed by atoms with E-state index in [0.717, 1.165) is 18.4 Å². The van der Waals surface area contributed by atoms with Crippen LogP contribution in [0.1, 0.15) is 45.4 Å². The number of carbonyl (C=O) groups is 1. The zero-order chi connectivity index (χ0) is 23.4. The lowest BCUT2D eigenvalue weighted by atomic mass is 9.97. The molecular weight excluding hydrogens is 421 g/mol. The molecular formula is C25H28FN5O2. The molecule has 0 bridgehead atoms. The summed E-state index contributed by atoms with van der Waals surface area (Å²) in [6.45, 7) is 6.67. The van der Waals surface area contributed by atoms with Crippen LogP contribution in [0.5, 0.6) is 0 Å². The van der Waals surface area contributed by atoms with Gasteiger partial charge >= 0.3 is 6.09 Å². The summed E-state index contributed by atoms with van der Waals surface area (Å²) in [5.41, 5.74) is 0.841. The highest BCUT2D eigenvalue weighted by Gasteiger charge is 2.30. The van der Waals surface area contributed by atoms with Gasteiger partial charge in [0.2, 0.25) is 5.95 Å². The lowest BCUT2D eigenvalue weighted by Gasteiger charge is -2.33. The van der Waals surface area contributed by atoms with Crippen LogP contribution in [-0.2, 0) is 4.74 Å². The number of carbonyl (C=O) groups excluding carboxylic acids is 1. The van der Waals surface area contributed by atoms with E-state index >= 15 is 0 Å². The minimum absolute atomic E-state index is 0.0650. The molecule has 1 N–H and O–H groups in total. The SMILES string of the molecule is CC(C)(C)OC(=O)N1CCCC(c2nc(Nc3cccc(F)c3)nc(-c3ccccc3)n2)C1. The van der Waals surface area contributed by atoms with Gasteiger partial charge in [0.05, 0.1) is 0 Å². The first-order valence-corrected chi connectivity index (χ1v) is 11.1. The number of nitrogens with zero attached hydrogens (tertiary/aromatic N) is 4. The van der Waals surface area contributed by atoms with Crippen LogP contribution >= 0.6 is 0 Å². The highest BCUT2D eigenvalue weighted by atomic mass is 19.1. The standard InChI is InChI=1S/C25H28FN5O2/c1-25(2,3)33-24(32)31-14-8-11-18(16-31)22-28-21(17-9-5-4-6-10-17)29-23(30-22)27-20-13-7-12-19(26)15-20/h4-7,9-10,12-13,15,18H,8,11,14,16H2,1-3H3,(H,27,28,29,30). The molecule has 7 nitrogen and oxygen atoms in total. The topological polar surface area (TPSA) is 80.2 Å². The molecule has 3 aromatic rings. The van der Waals surface area contributed by atoms with Crippen LogP contribution in [0.3, 0.4) is 0 Å². The van der Waals surface area contributed by atoms with Gasteiger partial charge in [-0.15, -0.1) is 0 Å². The van der Waals surface area contributed by atoms with Crippen LogP contribution < -0.4 is 5.32 Å². The van der Waals surface area contributed by atoms with Crippen molar-refractivity contribution in [1.29, 1.82) is 0 Å². The smallest absolute Gasteiger partial charge is 0.410 e. The Balaban J connectivity index is 1.64. The molecule has 1 atom stereocenters. The second kappa shape index (κ2) is 9.52. The summed E-state index contributed by atoms with van der Waals surface area (Å²) in [7, 11) is 0. The molecule has 1 unspecified atom stereocenters. The van der Waals surface area contributed by atoms with Gasteiger partial charge < -0.3 is 15.0 Å². The van der Waals surface area contributed by atoms with Crippen molar-refractivity contribution in [3.63, 3.8) is 0 Å². The van der Waals surface area contributed by atoms with Crippen LogP contribution in [-0.4, -0.2) is 44.6 Å². The fourth-order valence-corrected chi connectivity index (χ4v) is 3.72. The quantitative estimate of drug-likeness (QED) is 0.564. The van der Waals surface area contributed by atoms with E-state index in [-0.39, 0.29) is 17.8 Å². The van der Waals surface area contributed by atoms with Gasteiger partial charge in [-0.2, -0.15) is 9.97 Å². The molecule has 2 aromatic carbocycles. The Morgan fingerprint density at radius 2 is 1.88 bits per heavy atom. The molecule has 1 aromatic heterocycles. The Morgan fingerprint density at radius 3 is 2.61 bits per heavy atom. The number of amides is 1. The Labute approximate surface area is 193 Å². The van der Waals surface area contributed by atoms with Crippen molar-refractivity contribution in [3.8, 4) is 11.4 Å². The van der Waals surface area contributed by atoms with Crippen molar-refractivity contribution in [2.24, 2.45) is 0 Å². The van der Waals surface area contributed by atoms with E-state index in [1.807, 2.05) is 51.1 Å². The number of benzene rings is 2. The predicted molar refractivity (Wildman–Crippen MR) is 125 cm³/mol. The first-order valence-electron chi connectivity index (χ1n) is 11.1. The van der Waals surface area contributed by atoms with Crippen molar-refractivity contribution in [2.45, 2.75) is 45.1 Å². The van der Waals surface area contributed by atoms with Gasteiger partial charge in [0.15, 0.2) is 5.82 Å². The highest BCUT2D eigenvalue weighted by Crippen LogP contribution is 2.28. The number of piperidine rings is 1. The van der Waals surface area contributed by atoms with E-state index in [9.17, 15) is 9.18 Å². The number of rotatable bonds is 4. The van der Waals surface area contributed by atoms with Crippen molar-refractivity contribution in [2.75, 3.05) is 18.4 Å². The van der Waals surface area contributed by atoms with Gasteiger partial charge in [0, 0.05) is 30.3 Å². The van der Waals surface area contributed by atoms with E-state index in [0.29, 0.717) is 36.4 Å². The molecule has 2 heterocycles. The largest absolute Gasteiger partial charge is 0.444 e. The molecule has 172 valence electrons. The van der Waals surface area contributed by atoms with Gasteiger partial charge in [-0.25, -0.2) is 14.2 Å². The number of anilines is 2. The summed E-state index contributed by atoms with van der Waals surface area (Å²) in [4.78, 5) is 28.3. The van der Waals surface area contributed by atoms with Crippen molar-refractivity contribution < 1.29 is 13.9 Å². The molecule has 1 fully saturated rings. The number of hydrogen-bond acceptors (Lipinski definition) is 6. The van der Waals surface area contributed by atoms with Crippen LogP contribution in [0, 0.1) is 5.82 Å². The molecule has 4 rings (SSSR count). The van der Waals surface area contributed by atoms with Crippen LogP contribution in [0.15, 0.2) is 54.6 Å². The summed E-state index contributed by atoms with van der Waals surface area (Å²) < 4.78 is 19.2. The minimum Gasteiger partial charge on any atom is -0.444 e. The molecule has 1 amide bonds. The second-order valence-corrected chi connectivity index (χ2v) is 9.11. The number of aromatic nitrogens is 3. The molecule has 0 aliphatic carbocycles. The number of ether oxygens (including phenoxy) is 1. The molecule has 1 saturated heterocycles. The predicted octanol–water partition coefficient (Wildman–Crippen LogP) is 5.54. The Bertz CT molecular complexity index is 1120. The monoisotopic (exact) mass is 449 g/mol. The maximum Gasteiger partial charge on any atom is 0.410 e. The Morgan fingerprint density at radius 1 is 1.09 bits per heavy atom. The highest BCUT2D eigenvalue weighted by molar-refractivity contribution is 5.68. The number of halogens is 1. The van der Waals surface area contributed by atoms with E-state index in [1.165, 1.54) is 12.1 Å². The molecule has 1 aliphatic heterocycles. The van der Waals surface area contributed by atoms with Crippen molar-refractivity contribution in [3.05, 3.63) is 66.2 Å². The second-order valence-electron chi connectivity index (χ2n) is 9.11. The summed E-state index contributed by atoms with van der Waals surface area (Å²) in [6, 6.07) is 15.8. The minimum atomic E-state index is -0.556. The Hall–Kier alpha value is -3.55. The van der Waals surface area contributed by atoms with E-state index in [4.69, 9.17) is 9.72 Å². The lowest BCUT2D eigenvalue weighted by Crippen LogP contribution is -2.42. The third-order valence-electron chi connectivity index (χ3n) is 5.20. The first-order chi connectivity index (χ1) is 15.8. The van der Waals surface area contributed by atoms with E-state index in [2.05, 4.69) is 15.3 Å². The molecule has 0 radical (unpaired) electrons. The third kappa shape index (κ3) is 6.03. The normalized spacial score (nSPS) is 16.4. The number of nitrogens with one attached hydrogen (secondary N) is 1. The average molecular weight is 450 g/mol. The summed E-state index contributed by atoms with van der Waals surface area (Å²) >= 11 is 0. The lowest BCUT2D eigenvalue weighted by molar-refractivity contribution is 0.0196. The molecule has 33 heavy (non-hydrogen) atoms. The number of likely N-dealkylation sites (tertiary alicyclic amines) is 1. The summed E-state index contributed by atoms with van der Waals surface area (Å²) in [5.74, 6) is 1.03. The Kier molecular flexibility index (Phi) is 6.53. The molecule has 0 spiro atoms. The zero-order valence-corrected chi connectivity index (χ0v) is 19.1. The van der Waals surface area contributed by atoms with Crippen LogP contribution in [0.25, 0.3) is 11.4 Å². The van der Waals surface area contributed by atoms with Gasteiger partial charge in [0.1, 0.15) is 17.2 Å². The maximum absolute atomic E-state index is 13.7. The molecule has 1 aliphatic rings. The first kappa shape index (κ1) is 22.6. The van der Waals surface area contributed by atoms with Gasteiger partial charge in [-0.3, -0.25) is 0 Å².